The number of alkyl halides is 3. The molecule has 0 aliphatic heterocycles. The Morgan fingerprint density at radius 1 is 1.32 bits per heavy atom. The number of hydrogen-bond donors (Lipinski definition) is 0. The number of rotatable bonds is 4. The minimum Gasteiger partial charge on any atom is -0.469 e. The van der Waals surface area contributed by atoms with Gasteiger partial charge in [0.25, 0.3) is 0 Å². The maximum absolute atomic E-state index is 13.2. The van der Waals surface area contributed by atoms with Gasteiger partial charge in [0, 0.05) is 5.92 Å². The molecule has 0 bridgehead atoms. The fraction of sp³-hybridized carbons (Fsp3) is 0.500. The van der Waals surface area contributed by atoms with Crippen LogP contribution in [0.25, 0.3) is 0 Å². The lowest BCUT2D eigenvalue weighted by molar-refractivity contribution is -0.195. The average molecular weight is 272 g/mol. The van der Waals surface area contributed by atoms with Crippen LogP contribution in [0.5, 0.6) is 0 Å². The van der Waals surface area contributed by atoms with E-state index >= 15 is 0 Å². The summed E-state index contributed by atoms with van der Waals surface area (Å²) in [6, 6.07) is 8.39. The predicted octanol–water partition coefficient (Wildman–Crippen LogP) is 3.68. The van der Waals surface area contributed by atoms with Crippen LogP contribution in [0.2, 0.25) is 0 Å². The first-order valence-corrected chi connectivity index (χ1v) is 6.09. The van der Waals surface area contributed by atoms with Gasteiger partial charge in [0.1, 0.15) is 0 Å². The first-order chi connectivity index (χ1) is 8.90. The lowest BCUT2D eigenvalue weighted by atomic mass is 9.80. The van der Waals surface area contributed by atoms with Crippen LogP contribution in [-0.2, 0) is 9.53 Å². The quantitative estimate of drug-likeness (QED) is 0.782. The molecule has 1 aromatic carbocycles. The lowest BCUT2D eigenvalue weighted by Crippen LogP contribution is -2.32. The highest BCUT2D eigenvalue weighted by atomic mass is 19.4. The zero-order chi connectivity index (χ0) is 14.1. The summed E-state index contributed by atoms with van der Waals surface area (Å²) >= 11 is 0. The second-order valence-electron chi connectivity index (χ2n) is 4.90. The van der Waals surface area contributed by atoms with Crippen LogP contribution >= 0.6 is 0 Å². The lowest BCUT2D eigenvalue weighted by Gasteiger charge is -2.28. The molecular weight excluding hydrogens is 257 g/mol. The van der Waals surface area contributed by atoms with Crippen molar-refractivity contribution in [3.63, 3.8) is 0 Å². The highest BCUT2D eigenvalue weighted by Crippen LogP contribution is 2.66. The molecule has 1 saturated carbocycles. The molecule has 1 aromatic rings. The second-order valence-corrected chi connectivity index (χ2v) is 4.90. The zero-order valence-electron chi connectivity index (χ0n) is 10.5. The van der Waals surface area contributed by atoms with Gasteiger partial charge in [0.05, 0.1) is 18.9 Å². The van der Waals surface area contributed by atoms with Crippen LogP contribution in [0.15, 0.2) is 30.3 Å². The maximum Gasteiger partial charge on any atom is 0.395 e. The average Bonchev–Trinajstić information content (AvgIpc) is 3.17. The Morgan fingerprint density at radius 2 is 1.89 bits per heavy atom. The van der Waals surface area contributed by atoms with E-state index in [4.69, 9.17) is 0 Å². The SMILES string of the molecule is COC(=O)C[C@H](c1ccccc1)C1(C(F)(F)F)CC1. The molecule has 1 fully saturated rings. The van der Waals surface area contributed by atoms with E-state index in [1.165, 1.54) is 7.11 Å². The molecule has 0 aromatic heterocycles. The Morgan fingerprint density at radius 3 is 2.32 bits per heavy atom. The Kier molecular flexibility index (Phi) is 3.56. The molecule has 1 atom stereocenters. The van der Waals surface area contributed by atoms with E-state index in [0.29, 0.717) is 5.56 Å². The first-order valence-electron chi connectivity index (χ1n) is 6.09. The van der Waals surface area contributed by atoms with E-state index in [9.17, 15) is 18.0 Å². The first kappa shape index (κ1) is 13.9. The van der Waals surface area contributed by atoms with Gasteiger partial charge < -0.3 is 4.74 Å². The molecule has 2 rings (SSSR count). The van der Waals surface area contributed by atoms with Crippen LogP contribution in [0.4, 0.5) is 13.2 Å². The summed E-state index contributed by atoms with van der Waals surface area (Å²) in [6.07, 6.45) is -4.37. The molecule has 2 nitrogen and oxygen atoms in total. The smallest absolute Gasteiger partial charge is 0.395 e. The molecule has 0 spiro atoms. The van der Waals surface area contributed by atoms with Crippen molar-refractivity contribution < 1.29 is 22.7 Å². The topological polar surface area (TPSA) is 26.3 Å². The fourth-order valence-electron chi connectivity index (χ4n) is 2.53. The number of benzene rings is 1. The summed E-state index contributed by atoms with van der Waals surface area (Å²) in [4.78, 5) is 11.4. The minimum absolute atomic E-state index is 0.0764. The number of hydrogen-bond acceptors (Lipinski definition) is 2. The molecule has 0 saturated heterocycles. The standard InChI is InChI=1S/C14H15F3O2/c1-19-12(18)9-11(10-5-3-2-4-6-10)13(7-8-13)14(15,16)17/h2-6,11H,7-9H2,1H3/t11-/m1/s1. The molecule has 19 heavy (non-hydrogen) atoms. The third-order valence-electron chi connectivity index (χ3n) is 3.82. The molecule has 104 valence electrons. The van der Waals surface area contributed by atoms with Gasteiger partial charge in [-0.1, -0.05) is 30.3 Å². The normalized spacial score (nSPS) is 18.7. The Balaban J connectivity index is 2.33. The molecular formula is C14H15F3O2. The van der Waals surface area contributed by atoms with Gasteiger partial charge in [-0.15, -0.1) is 0 Å². The van der Waals surface area contributed by atoms with Crippen molar-refractivity contribution in [2.24, 2.45) is 5.41 Å². The molecule has 1 aliphatic rings. The Bertz CT molecular complexity index is 450. The molecule has 0 radical (unpaired) electrons. The summed E-state index contributed by atoms with van der Waals surface area (Å²) in [5.74, 6) is -1.47. The van der Waals surface area contributed by atoms with Gasteiger partial charge in [-0.2, -0.15) is 13.2 Å². The predicted molar refractivity (Wildman–Crippen MR) is 63.5 cm³/mol. The summed E-state index contributed by atoms with van der Waals surface area (Å²) in [6.45, 7) is 0. The van der Waals surface area contributed by atoms with E-state index in [0.717, 1.165) is 0 Å². The number of ether oxygens (including phenoxy) is 1. The van der Waals surface area contributed by atoms with Crippen molar-refractivity contribution in [2.75, 3.05) is 7.11 Å². The molecule has 0 unspecified atom stereocenters. The summed E-state index contributed by atoms with van der Waals surface area (Å²) in [5, 5.41) is 0. The van der Waals surface area contributed by atoms with Crippen LogP contribution in [-0.4, -0.2) is 19.3 Å². The van der Waals surface area contributed by atoms with Crippen molar-refractivity contribution in [3.8, 4) is 0 Å². The molecule has 5 heteroatoms. The van der Waals surface area contributed by atoms with Crippen molar-refractivity contribution in [1.29, 1.82) is 0 Å². The van der Waals surface area contributed by atoms with Crippen LogP contribution in [0, 0.1) is 5.41 Å². The van der Waals surface area contributed by atoms with Crippen LogP contribution < -0.4 is 0 Å². The third-order valence-corrected chi connectivity index (χ3v) is 3.82. The van der Waals surface area contributed by atoms with Crippen LogP contribution in [0.3, 0.4) is 0 Å². The van der Waals surface area contributed by atoms with Gasteiger partial charge >= 0.3 is 12.1 Å². The van der Waals surface area contributed by atoms with Gasteiger partial charge in [0.15, 0.2) is 0 Å². The van der Waals surface area contributed by atoms with Crippen molar-refractivity contribution in [3.05, 3.63) is 35.9 Å². The Labute approximate surface area is 109 Å². The van der Waals surface area contributed by atoms with Gasteiger partial charge in [-0.05, 0) is 18.4 Å². The van der Waals surface area contributed by atoms with E-state index in [-0.39, 0.29) is 19.3 Å². The van der Waals surface area contributed by atoms with Gasteiger partial charge in [-0.3, -0.25) is 4.79 Å². The molecule has 0 amide bonds. The molecule has 0 N–H and O–H groups in total. The number of methoxy groups -OCH3 is 1. The summed E-state index contributed by atoms with van der Waals surface area (Å²) in [7, 11) is 1.19. The Hall–Kier alpha value is -1.52. The maximum atomic E-state index is 13.2. The van der Waals surface area contributed by atoms with Crippen LogP contribution in [0.1, 0.15) is 30.7 Å². The highest BCUT2D eigenvalue weighted by molar-refractivity contribution is 5.70. The van der Waals surface area contributed by atoms with E-state index in [1.54, 1.807) is 30.3 Å². The van der Waals surface area contributed by atoms with Gasteiger partial charge in [-0.25, -0.2) is 0 Å². The number of halogens is 3. The monoisotopic (exact) mass is 272 g/mol. The number of carbonyl (C=O) groups is 1. The number of esters is 1. The molecule has 1 aliphatic carbocycles. The number of carbonyl (C=O) groups excluding carboxylic acids is 1. The van der Waals surface area contributed by atoms with E-state index in [2.05, 4.69) is 4.74 Å². The van der Waals surface area contributed by atoms with Crippen molar-refractivity contribution in [2.45, 2.75) is 31.4 Å². The third kappa shape index (κ3) is 2.60. The van der Waals surface area contributed by atoms with E-state index < -0.39 is 23.5 Å². The second kappa shape index (κ2) is 4.87. The largest absolute Gasteiger partial charge is 0.469 e. The van der Waals surface area contributed by atoms with Crippen molar-refractivity contribution >= 4 is 5.97 Å². The van der Waals surface area contributed by atoms with Crippen molar-refractivity contribution in [1.82, 2.24) is 0 Å². The fourth-order valence-corrected chi connectivity index (χ4v) is 2.53. The summed E-state index contributed by atoms with van der Waals surface area (Å²) < 4.78 is 44.2. The minimum atomic E-state index is -4.29. The van der Waals surface area contributed by atoms with Gasteiger partial charge in [0.2, 0.25) is 0 Å². The molecule has 0 heterocycles. The van der Waals surface area contributed by atoms with E-state index in [1.807, 2.05) is 0 Å². The highest BCUT2D eigenvalue weighted by Gasteiger charge is 2.67. The zero-order valence-corrected chi connectivity index (χ0v) is 10.5. The summed E-state index contributed by atoms with van der Waals surface area (Å²) in [5.41, 5.74) is -1.22.